The van der Waals surface area contributed by atoms with Crippen LogP contribution in [0.5, 0.6) is 0 Å². The van der Waals surface area contributed by atoms with Crippen LogP contribution in [0.2, 0.25) is 0 Å². The van der Waals surface area contributed by atoms with E-state index in [4.69, 9.17) is 10.3 Å². The van der Waals surface area contributed by atoms with Gasteiger partial charge in [0.2, 0.25) is 0 Å². The van der Waals surface area contributed by atoms with Gasteiger partial charge in [-0.2, -0.15) is 0 Å². The molecule has 0 aliphatic rings. The SMILES string of the molecule is NNN(O)C(=O)O. The Bertz CT molecular complexity index is 72.6. The van der Waals surface area contributed by atoms with Crippen LogP contribution in [0.1, 0.15) is 0 Å². The Balaban J connectivity index is 3.34. The molecule has 0 aromatic carbocycles. The molecule has 0 fully saturated rings. The first-order valence-electron chi connectivity index (χ1n) is 1.36. The van der Waals surface area contributed by atoms with E-state index < -0.39 is 6.09 Å². The van der Waals surface area contributed by atoms with E-state index >= 15 is 0 Å². The largest absolute Gasteiger partial charge is 0.462 e. The molecule has 0 bridgehead atoms. The molecule has 0 saturated carbocycles. The van der Waals surface area contributed by atoms with E-state index in [1.54, 1.807) is 0 Å². The average molecular weight is 107 g/mol. The van der Waals surface area contributed by atoms with Gasteiger partial charge in [0.1, 0.15) is 0 Å². The highest BCUT2D eigenvalue weighted by Gasteiger charge is 2.01. The molecule has 42 valence electrons. The molecule has 0 heterocycles. The Morgan fingerprint density at radius 2 is 2.29 bits per heavy atom. The Hall–Kier alpha value is -0.850. The molecule has 0 aromatic rings. The molecule has 0 spiro atoms. The highest BCUT2D eigenvalue weighted by atomic mass is 16.6. The maximum Gasteiger partial charge on any atom is 0.448 e. The van der Waals surface area contributed by atoms with Crippen LogP contribution in [-0.2, 0) is 0 Å². The van der Waals surface area contributed by atoms with Crippen LogP contribution in [0.3, 0.4) is 0 Å². The summed E-state index contributed by atoms with van der Waals surface area (Å²) in [7, 11) is 0. The summed E-state index contributed by atoms with van der Waals surface area (Å²) in [5.41, 5.74) is 1.45. The van der Waals surface area contributed by atoms with E-state index in [0.717, 1.165) is 0 Å². The van der Waals surface area contributed by atoms with Crippen molar-refractivity contribution in [2.45, 2.75) is 0 Å². The van der Waals surface area contributed by atoms with E-state index in [1.807, 2.05) is 0 Å². The Morgan fingerprint density at radius 3 is 2.29 bits per heavy atom. The zero-order valence-electron chi connectivity index (χ0n) is 3.33. The zero-order chi connectivity index (χ0) is 5.86. The van der Waals surface area contributed by atoms with Crippen molar-refractivity contribution in [1.82, 2.24) is 10.7 Å². The van der Waals surface area contributed by atoms with E-state index in [9.17, 15) is 4.79 Å². The van der Waals surface area contributed by atoms with Crippen LogP contribution in [0, 0.1) is 0 Å². The maximum absolute atomic E-state index is 9.46. The second-order valence-electron chi connectivity index (χ2n) is 0.723. The molecule has 0 atom stereocenters. The second kappa shape index (κ2) is 2.35. The predicted octanol–water partition coefficient (Wildman–Crippen LogP) is -1.27. The number of hydrogen-bond donors (Lipinski definition) is 4. The minimum absolute atomic E-state index is 0.264. The molecule has 0 aliphatic heterocycles. The minimum Gasteiger partial charge on any atom is -0.462 e. The normalized spacial score (nSPS) is 8.29. The predicted molar refractivity (Wildman–Crippen MR) is 19.0 cm³/mol. The summed E-state index contributed by atoms with van der Waals surface area (Å²) in [4.78, 5) is 9.46. The van der Waals surface area contributed by atoms with Gasteiger partial charge in [-0.15, -0.1) is 10.7 Å². The van der Waals surface area contributed by atoms with Gasteiger partial charge >= 0.3 is 6.09 Å². The van der Waals surface area contributed by atoms with E-state index in [1.165, 1.54) is 5.53 Å². The topological polar surface area (TPSA) is 98.8 Å². The van der Waals surface area contributed by atoms with Gasteiger partial charge in [0.25, 0.3) is 0 Å². The van der Waals surface area contributed by atoms with Gasteiger partial charge in [-0.25, -0.2) is 4.79 Å². The Labute approximate surface area is 39.0 Å². The van der Waals surface area contributed by atoms with Crippen molar-refractivity contribution in [3.8, 4) is 0 Å². The fourth-order valence-corrected chi connectivity index (χ4v) is 0.0552. The standard InChI is InChI=1S/CH5N3O3/c2-3-4(7)1(5)6/h3,7H,2H2,(H,5,6). The van der Waals surface area contributed by atoms with Gasteiger partial charge in [-0.3, -0.25) is 11.0 Å². The molecule has 6 heteroatoms. The molecule has 0 rings (SSSR count). The van der Waals surface area contributed by atoms with Crippen LogP contribution >= 0.6 is 0 Å². The molecule has 5 N–H and O–H groups in total. The van der Waals surface area contributed by atoms with Crippen LogP contribution in [0.15, 0.2) is 0 Å². The van der Waals surface area contributed by atoms with Crippen LogP contribution in [0.25, 0.3) is 0 Å². The molecule has 0 aromatic heterocycles. The van der Waals surface area contributed by atoms with Crippen molar-refractivity contribution in [1.29, 1.82) is 0 Å². The lowest BCUT2D eigenvalue weighted by Crippen LogP contribution is -2.43. The van der Waals surface area contributed by atoms with Crippen molar-refractivity contribution in [2.75, 3.05) is 0 Å². The van der Waals surface area contributed by atoms with Crippen molar-refractivity contribution in [3.05, 3.63) is 0 Å². The monoisotopic (exact) mass is 107 g/mol. The number of nitrogens with one attached hydrogen (secondary N) is 1. The van der Waals surface area contributed by atoms with Crippen LogP contribution in [0.4, 0.5) is 4.79 Å². The van der Waals surface area contributed by atoms with Crippen molar-refractivity contribution >= 4 is 6.09 Å². The molecule has 6 nitrogen and oxygen atoms in total. The number of amides is 1. The number of carboxylic acid groups (broad SMARTS) is 1. The fourth-order valence-electron chi connectivity index (χ4n) is 0.0552. The summed E-state index contributed by atoms with van der Waals surface area (Å²) < 4.78 is 0. The third-order valence-corrected chi connectivity index (χ3v) is 0.303. The summed E-state index contributed by atoms with van der Waals surface area (Å²) in [6.45, 7) is 0. The summed E-state index contributed by atoms with van der Waals surface area (Å²) in [5.74, 6) is 4.42. The number of hydrazine groups is 2. The first-order valence-corrected chi connectivity index (χ1v) is 1.36. The van der Waals surface area contributed by atoms with Crippen LogP contribution in [-0.4, -0.2) is 21.6 Å². The molecule has 0 aliphatic carbocycles. The fraction of sp³-hybridized carbons (Fsp3) is 0. The van der Waals surface area contributed by atoms with Gasteiger partial charge in [-0.05, 0) is 0 Å². The van der Waals surface area contributed by atoms with Gasteiger partial charge in [0.05, 0.1) is 0 Å². The summed E-state index contributed by atoms with van der Waals surface area (Å²) in [5, 5.41) is 15.4. The number of hydroxylamine groups is 1. The molecule has 0 radical (unpaired) electrons. The van der Waals surface area contributed by atoms with E-state index in [-0.39, 0.29) is 5.17 Å². The summed E-state index contributed by atoms with van der Waals surface area (Å²) in [6.07, 6.45) is -1.55. The lowest BCUT2D eigenvalue weighted by molar-refractivity contribution is -0.105. The van der Waals surface area contributed by atoms with Crippen molar-refractivity contribution in [2.24, 2.45) is 5.84 Å². The van der Waals surface area contributed by atoms with Crippen LogP contribution < -0.4 is 11.4 Å². The molecular formula is CH5N3O3. The number of carbonyl (C=O) groups is 1. The van der Waals surface area contributed by atoms with Crippen molar-refractivity contribution in [3.63, 3.8) is 0 Å². The number of rotatable bonds is 1. The zero-order valence-corrected chi connectivity index (χ0v) is 3.33. The number of hydrogen-bond acceptors (Lipinski definition) is 4. The highest BCUT2D eigenvalue weighted by Crippen LogP contribution is 1.67. The summed E-state index contributed by atoms with van der Waals surface area (Å²) in [6, 6.07) is 0. The van der Waals surface area contributed by atoms with Gasteiger partial charge in [-0.1, -0.05) is 0 Å². The van der Waals surface area contributed by atoms with Gasteiger partial charge in [0, 0.05) is 0 Å². The van der Waals surface area contributed by atoms with E-state index in [0.29, 0.717) is 0 Å². The lowest BCUT2D eigenvalue weighted by atomic mass is 11.2. The first-order chi connectivity index (χ1) is 3.18. The first kappa shape index (κ1) is 6.15. The van der Waals surface area contributed by atoms with Gasteiger partial charge < -0.3 is 5.11 Å². The third kappa shape index (κ3) is 1.93. The smallest absolute Gasteiger partial charge is 0.448 e. The van der Waals surface area contributed by atoms with Gasteiger partial charge in [0.15, 0.2) is 0 Å². The van der Waals surface area contributed by atoms with Crippen molar-refractivity contribution < 1.29 is 15.1 Å². The second-order valence-corrected chi connectivity index (χ2v) is 0.723. The molecule has 7 heavy (non-hydrogen) atoms. The Morgan fingerprint density at radius 1 is 1.86 bits per heavy atom. The quantitative estimate of drug-likeness (QED) is 0.190. The number of nitrogens with zero attached hydrogens (tertiary/aromatic N) is 1. The molecule has 0 unspecified atom stereocenters. The lowest BCUT2D eigenvalue weighted by Gasteiger charge is -2.04. The highest BCUT2D eigenvalue weighted by molar-refractivity contribution is 5.62. The van der Waals surface area contributed by atoms with E-state index in [2.05, 4.69) is 5.84 Å². The number of nitrogens with two attached hydrogens (primary N) is 1. The molecule has 1 amide bonds. The molecule has 0 saturated heterocycles. The summed E-state index contributed by atoms with van der Waals surface area (Å²) >= 11 is 0. The maximum atomic E-state index is 9.46. The third-order valence-electron chi connectivity index (χ3n) is 0.303. The Kier molecular flexibility index (Phi) is 2.06. The minimum atomic E-state index is -1.55. The average Bonchev–Trinajstić information content (AvgIpc) is 1.65. The molecular weight excluding hydrogens is 102 g/mol.